The van der Waals surface area contributed by atoms with Crippen molar-refractivity contribution in [1.82, 2.24) is 0 Å². The predicted octanol–water partition coefficient (Wildman–Crippen LogP) is 4.46. The van der Waals surface area contributed by atoms with Gasteiger partial charge in [-0.3, -0.25) is 0 Å². The van der Waals surface area contributed by atoms with Crippen molar-refractivity contribution in [3.05, 3.63) is 11.6 Å². The zero-order valence-electron chi connectivity index (χ0n) is 16.0. The molecular weight excluding hydrogens is 310 g/mol. The van der Waals surface area contributed by atoms with Gasteiger partial charge in [-0.25, -0.2) is 0 Å². The van der Waals surface area contributed by atoms with Crippen molar-refractivity contribution in [2.24, 2.45) is 34.5 Å². The van der Waals surface area contributed by atoms with Gasteiger partial charge in [-0.15, -0.1) is 0 Å². The number of aliphatic hydroxyl groups excluding tert-OH is 1. The Morgan fingerprint density at radius 2 is 2.00 bits per heavy atom. The molecule has 1 N–H and O–H groups in total. The van der Waals surface area contributed by atoms with Gasteiger partial charge in [0, 0.05) is 13.2 Å². The number of rotatable bonds is 1. The summed E-state index contributed by atoms with van der Waals surface area (Å²) < 4.78 is 5.66. The number of nitrogens with zero attached hydrogens (tertiary/aromatic N) is 1. The van der Waals surface area contributed by atoms with Crippen LogP contribution in [0.3, 0.4) is 0 Å². The van der Waals surface area contributed by atoms with E-state index in [1.54, 1.807) is 7.11 Å². The van der Waals surface area contributed by atoms with Crippen LogP contribution in [0, 0.1) is 45.8 Å². The van der Waals surface area contributed by atoms with Crippen LogP contribution in [-0.2, 0) is 4.74 Å². The SMILES string of the molecule is COC1CC2(C)C(CCC3C4CCC(=CC#N)C4(C)CCC32)CC1O. The van der Waals surface area contributed by atoms with Gasteiger partial charge in [0.05, 0.1) is 18.3 Å². The van der Waals surface area contributed by atoms with Crippen LogP contribution in [-0.4, -0.2) is 24.4 Å². The summed E-state index contributed by atoms with van der Waals surface area (Å²) in [6, 6.07) is 2.30. The molecule has 3 heteroatoms. The molecule has 0 radical (unpaired) electrons. The molecule has 3 nitrogen and oxygen atoms in total. The molecule has 4 aliphatic carbocycles. The van der Waals surface area contributed by atoms with Gasteiger partial charge >= 0.3 is 0 Å². The Kier molecular flexibility index (Phi) is 4.28. The zero-order chi connectivity index (χ0) is 17.8. The lowest BCUT2D eigenvalue weighted by atomic mass is 9.44. The Morgan fingerprint density at radius 1 is 1.20 bits per heavy atom. The quantitative estimate of drug-likeness (QED) is 0.715. The summed E-state index contributed by atoms with van der Waals surface area (Å²) in [7, 11) is 1.76. The molecule has 4 rings (SSSR count). The van der Waals surface area contributed by atoms with Gasteiger partial charge in [-0.05, 0) is 85.9 Å². The Labute approximate surface area is 152 Å². The molecule has 4 saturated carbocycles. The van der Waals surface area contributed by atoms with Crippen LogP contribution in [0.15, 0.2) is 11.6 Å². The number of ether oxygens (including phenoxy) is 1. The fraction of sp³-hybridized carbons (Fsp3) is 0.864. The third-order valence-corrected chi connectivity index (χ3v) is 9.05. The Balaban J connectivity index is 1.63. The number of methoxy groups -OCH3 is 1. The van der Waals surface area contributed by atoms with Crippen LogP contribution in [0.2, 0.25) is 0 Å². The van der Waals surface area contributed by atoms with Gasteiger partial charge in [-0.1, -0.05) is 19.4 Å². The number of hydrogen-bond acceptors (Lipinski definition) is 3. The molecule has 0 heterocycles. The minimum Gasteiger partial charge on any atom is -0.390 e. The van der Waals surface area contributed by atoms with E-state index in [2.05, 4.69) is 19.9 Å². The lowest BCUT2D eigenvalue weighted by molar-refractivity contribution is -0.161. The average Bonchev–Trinajstić information content (AvgIpc) is 2.92. The first-order chi connectivity index (χ1) is 11.9. The topological polar surface area (TPSA) is 53.2 Å². The van der Waals surface area contributed by atoms with E-state index in [9.17, 15) is 10.4 Å². The van der Waals surface area contributed by atoms with Crippen LogP contribution in [0.4, 0.5) is 0 Å². The predicted molar refractivity (Wildman–Crippen MR) is 97.6 cm³/mol. The molecular formula is C22H33NO2. The summed E-state index contributed by atoms with van der Waals surface area (Å²) in [4.78, 5) is 0. The molecule has 0 saturated heterocycles. The van der Waals surface area contributed by atoms with E-state index in [1.165, 1.54) is 37.7 Å². The summed E-state index contributed by atoms with van der Waals surface area (Å²) in [6.07, 6.45) is 11.0. The summed E-state index contributed by atoms with van der Waals surface area (Å²) in [5.74, 6) is 2.94. The molecule has 4 aliphatic rings. The second-order valence-electron chi connectivity index (χ2n) is 9.73. The summed E-state index contributed by atoms with van der Waals surface area (Å²) in [5, 5.41) is 19.6. The second-order valence-corrected chi connectivity index (χ2v) is 9.73. The molecule has 0 bridgehead atoms. The van der Waals surface area contributed by atoms with Crippen molar-refractivity contribution >= 4 is 0 Å². The van der Waals surface area contributed by atoms with Gasteiger partial charge in [0.15, 0.2) is 0 Å². The van der Waals surface area contributed by atoms with Crippen LogP contribution >= 0.6 is 0 Å². The largest absolute Gasteiger partial charge is 0.390 e. The number of nitriles is 1. The van der Waals surface area contributed by atoms with E-state index in [1.807, 2.05) is 6.08 Å². The molecule has 4 fully saturated rings. The van der Waals surface area contributed by atoms with Crippen LogP contribution in [0.25, 0.3) is 0 Å². The highest BCUT2D eigenvalue weighted by Crippen LogP contribution is 2.67. The lowest BCUT2D eigenvalue weighted by Crippen LogP contribution is -2.56. The Morgan fingerprint density at radius 3 is 2.72 bits per heavy atom. The molecule has 0 aromatic rings. The van der Waals surface area contributed by atoms with Gasteiger partial charge in [0.25, 0.3) is 0 Å². The maximum absolute atomic E-state index is 10.4. The fourth-order valence-electron chi connectivity index (χ4n) is 7.66. The number of aliphatic hydroxyl groups is 1. The van der Waals surface area contributed by atoms with Crippen LogP contribution < -0.4 is 0 Å². The van der Waals surface area contributed by atoms with Crippen molar-refractivity contribution in [3.63, 3.8) is 0 Å². The molecule has 0 amide bonds. The van der Waals surface area contributed by atoms with E-state index >= 15 is 0 Å². The highest BCUT2D eigenvalue weighted by molar-refractivity contribution is 5.28. The molecule has 0 aromatic carbocycles. The van der Waals surface area contributed by atoms with Gasteiger partial charge < -0.3 is 9.84 Å². The Bertz CT molecular complexity index is 608. The van der Waals surface area contributed by atoms with Crippen molar-refractivity contribution < 1.29 is 9.84 Å². The monoisotopic (exact) mass is 343 g/mol. The maximum atomic E-state index is 10.4. The van der Waals surface area contributed by atoms with E-state index in [0.717, 1.165) is 37.0 Å². The van der Waals surface area contributed by atoms with E-state index in [4.69, 9.17) is 4.74 Å². The van der Waals surface area contributed by atoms with E-state index in [-0.39, 0.29) is 17.6 Å². The number of hydrogen-bond donors (Lipinski definition) is 1. The molecule has 25 heavy (non-hydrogen) atoms. The summed E-state index contributed by atoms with van der Waals surface area (Å²) in [5.41, 5.74) is 1.99. The smallest absolute Gasteiger partial charge is 0.0911 e. The third kappa shape index (κ3) is 2.44. The molecule has 8 unspecified atom stereocenters. The second kappa shape index (κ2) is 6.10. The molecule has 0 aliphatic heterocycles. The maximum Gasteiger partial charge on any atom is 0.0911 e. The van der Waals surface area contributed by atoms with Gasteiger partial charge in [0.1, 0.15) is 0 Å². The van der Waals surface area contributed by atoms with Crippen molar-refractivity contribution in [3.8, 4) is 6.07 Å². The minimum absolute atomic E-state index is 0.00549. The standard InChI is InChI=1S/C22H33NO2/c1-21-10-8-18-16(17(21)7-5-14(21)9-11-23)6-4-15-12-19(24)20(25-3)13-22(15,18)2/h9,15-20,24H,4-8,10,12-13H2,1-3H3. The molecule has 138 valence electrons. The first-order valence-electron chi connectivity index (χ1n) is 10.2. The van der Waals surface area contributed by atoms with Crippen LogP contribution in [0.5, 0.6) is 0 Å². The van der Waals surface area contributed by atoms with Crippen LogP contribution in [0.1, 0.15) is 65.2 Å². The summed E-state index contributed by atoms with van der Waals surface area (Å²) in [6.45, 7) is 4.93. The average molecular weight is 344 g/mol. The highest BCUT2D eigenvalue weighted by Gasteiger charge is 2.60. The third-order valence-electron chi connectivity index (χ3n) is 9.05. The lowest BCUT2D eigenvalue weighted by Gasteiger charge is -2.61. The highest BCUT2D eigenvalue weighted by atomic mass is 16.5. The zero-order valence-corrected chi connectivity index (χ0v) is 16.0. The van der Waals surface area contributed by atoms with Crippen molar-refractivity contribution in [2.75, 3.05) is 7.11 Å². The molecule has 0 aromatic heterocycles. The van der Waals surface area contributed by atoms with E-state index < -0.39 is 0 Å². The first-order valence-corrected chi connectivity index (χ1v) is 10.2. The molecule has 0 spiro atoms. The van der Waals surface area contributed by atoms with Crippen molar-refractivity contribution in [2.45, 2.75) is 77.4 Å². The number of fused-ring (bicyclic) bond motifs is 5. The van der Waals surface area contributed by atoms with Gasteiger partial charge in [0.2, 0.25) is 0 Å². The van der Waals surface area contributed by atoms with Crippen molar-refractivity contribution in [1.29, 1.82) is 5.26 Å². The minimum atomic E-state index is -0.287. The van der Waals surface area contributed by atoms with E-state index in [0.29, 0.717) is 11.3 Å². The normalized spacial score (nSPS) is 53.6. The fourth-order valence-corrected chi connectivity index (χ4v) is 7.66. The number of allylic oxidation sites excluding steroid dienone is 2. The summed E-state index contributed by atoms with van der Waals surface area (Å²) >= 11 is 0. The Hall–Kier alpha value is -0.850. The molecule has 8 atom stereocenters. The van der Waals surface area contributed by atoms with Gasteiger partial charge in [-0.2, -0.15) is 5.26 Å². The first kappa shape index (κ1) is 17.6.